The van der Waals surface area contributed by atoms with E-state index in [1.165, 1.54) is 58.7 Å². The standard InChI is InChI=1S/C73H99N25O40P6SSi/c1-32-19-94(71(106)90-65(32)101)53-16-38(136-142(114,115)122-24-44-36(14-51(129-44)92-8-6-48(74)85-69(92)104)134-139(108,109)120-22-42-34(100)12-50(127-42)96-30-83-57-60(76)79-28-81-62(57)96)46(131-53)26-124-144(118,119)138-40-18-56(98-64-59(67(103)89-68(78)88-64)87-73(98)145-10-11-146(3,4)5)132-47(40)27-125-143(116,117)137-39-17-54(95-20-33(2)66(102)91-72(95)107)130-45(39)25-123-141(112,113)135-37-15-52(93-9-7-49(75)86-70(93)105)128-43(37)23-121-140(110,111)133-35-13-55(126-41(35)21-99)97-31-84-58-61(77)80-29-82-63(58)97/h6-9,19-20,28-31,34-47,50-56,99-100H,10-18,21-27H2,1-5H3,(H,108,109)(H,110,111)(H,112,113)(H,114,115)(H,116,117)(H,118,119)(H2,74,85,104)(H2,75,86,105)(H2,76,79,81)(H2,77,80,82)(H,90,101,106)(H,91,102,107)(H3,78,88,89,103)/t34-,35-,36-,37-,38-,39-,40-,41+,42+,43+,44+,45+,46+,47+,50+,51+,52+,53+,54+,55+,56+/m0/s1. The highest BCUT2D eigenvalue weighted by Crippen LogP contribution is 2.58. The minimum absolute atomic E-state index is 0.0298. The number of hydrogen-bond donors (Lipinski definition) is 16. The van der Waals surface area contributed by atoms with Crippen LogP contribution in [0.5, 0.6) is 0 Å². The first-order chi connectivity index (χ1) is 68.9. The molecule has 0 aliphatic carbocycles. The lowest BCUT2D eigenvalue weighted by Crippen LogP contribution is -2.33. The molecule has 10 aromatic heterocycles. The summed E-state index contributed by atoms with van der Waals surface area (Å²) < 4.78 is 204. The van der Waals surface area contributed by atoms with Gasteiger partial charge in [0.1, 0.15) is 158 Å². The number of nitrogens with zero attached hydrogens (tertiary/aromatic N) is 17. The summed E-state index contributed by atoms with van der Waals surface area (Å²) >= 11 is 1.14. The lowest BCUT2D eigenvalue weighted by atomic mass is 10.2. The molecule has 7 fully saturated rings. The second-order valence-electron chi connectivity index (χ2n) is 35.5. The van der Waals surface area contributed by atoms with E-state index in [2.05, 4.69) is 84.4 Å². The molecule has 17 heterocycles. The van der Waals surface area contributed by atoms with Gasteiger partial charge < -0.3 is 101 Å². The first-order valence-corrected chi connectivity index (χ1v) is 57.9. The van der Waals surface area contributed by atoms with E-state index in [4.69, 9.17) is 116 Å². The van der Waals surface area contributed by atoms with Crippen LogP contribution in [0.4, 0.5) is 29.2 Å². The number of aryl methyl sites for hydroxylation is 2. The number of hydrogen-bond acceptors (Lipinski definition) is 50. The second-order valence-corrected chi connectivity index (χ2v) is 50.6. The number of imidazole rings is 3. The average Bonchev–Trinajstić information content (AvgIpc) is 1.59. The zero-order chi connectivity index (χ0) is 105. The summed E-state index contributed by atoms with van der Waals surface area (Å²) in [5, 5.41) is 21.4. The number of H-pyrrole nitrogens is 3. The number of aromatic nitrogens is 20. The van der Waals surface area contributed by atoms with Crippen LogP contribution in [0.2, 0.25) is 25.7 Å². The molecule has 73 heteroatoms. The Morgan fingerprint density at radius 1 is 0.411 bits per heavy atom. The number of aromatic amines is 3. The second kappa shape index (κ2) is 43.1. The van der Waals surface area contributed by atoms with Crippen LogP contribution in [0.15, 0.2) is 101 Å². The zero-order valence-corrected chi connectivity index (χ0v) is 84.1. The maximum absolute atomic E-state index is 14.9. The Morgan fingerprint density at radius 2 is 0.747 bits per heavy atom. The number of rotatable bonds is 42. The summed E-state index contributed by atoms with van der Waals surface area (Å²) in [5.74, 6) is -0.398. The van der Waals surface area contributed by atoms with Gasteiger partial charge in [-0.3, -0.25) is 116 Å². The molecule has 10 aromatic rings. The van der Waals surface area contributed by atoms with E-state index in [9.17, 15) is 101 Å². The maximum Gasteiger partial charge on any atom is 0.472 e. The Bertz CT molecular complexity index is 7320. The van der Waals surface area contributed by atoms with Crippen LogP contribution >= 0.6 is 58.7 Å². The maximum atomic E-state index is 14.9. The monoisotopic (exact) mass is 2210 g/mol. The van der Waals surface area contributed by atoms with Crippen molar-refractivity contribution in [2.45, 2.75) is 219 Å². The van der Waals surface area contributed by atoms with Gasteiger partial charge in [0.05, 0.1) is 65.0 Å². The third-order valence-electron chi connectivity index (χ3n) is 24.0. The molecule has 7 aliphatic heterocycles. The van der Waals surface area contributed by atoms with Crippen LogP contribution in [-0.2, 0) is 115 Å². The van der Waals surface area contributed by atoms with E-state index in [1.54, 1.807) is 0 Å². The Hall–Kier alpha value is -9.56. The molecule has 27 atom stereocenters. The number of thioether (sulfide) groups is 1. The third kappa shape index (κ3) is 25.0. The molecular formula is C73H99N25O40P6SSi. The Kier molecular flexibility index (Phi) is 31.8. The third-order valence-corrected chi connectivity index (χ3v) is 33.2. The van der Waals surface area contributed by atoms with Crippen LogP contribution in [0.3, 0.4) is 0 Å². The topological polar surface area (TPSA) is 900 Å². The summed E-state index contributed by atoms with van der Waals surface area (Å²) in [6, 6.07) is 3.08. The normalized spacial score (nSPS) is 29.1. The van der Waals surface area contributed by atoms with E-state index in [1.807, 2.05) is 0 Å². The number of nitrogens with two attached hydrogens (primary N) is 5. The number of phosphoric acid groups is 6. The van der Waals surface area contributed by atoms with Gasteiger partial charge in [-0.05, 0) is 37.8 Å². The van der Waals surface area contributed by atoms with Gasteiger partial charge in [0.15, 0.2) is 39.3 Å². The van der Waals surface area contributed by atoms with Gasteiger partial charge in [-0.1, -0.05) is 31.4 Å². The molecule has 0 aromatic carbocycles. The van der Waals surface area contributed by atoms with Gasteiger partial charge in [-0.25, -0.2) is 81.5 Å². The number of aliphatic hydroxyl groups excluding tert-OH is 2. The fourth-order valence-electron chi connectivity index (χ4n) is 16.9. The van der Waals surface area contributed by atoms with Crippen molar-refractivity contribution in [1.29, 1.82) is 0 Å². The van der Waals surface area contributed by atoms with Crippen molar-refractivity contribution >= 4 is 129 Å². The highest BCUT2D eigenvalue weighted by Gasteiger charge is 2.53. The van der Waals surface area contributed by atoms with Gasteiger partial charge in [0, 0.05) is 88.9 Å². The van der Waals surface area contributed by atoms with Crippen molar-refractivity contribution in [1.82, 2.24) is 96.8 Å². The van der Waals surface area contributed by atoms with Crippen molar-refractivity contribution < 1.29 is 154 Å². The van der Waals surface area contributed by atoms with Crippen LogP contribution < -0.4 is 68.1 Å². The summed E-state index contributed by atoms with van der Waals surface area (Å²) in [4.78, 5) is 210. The molecule has 146 heavy (non-hydrogen) atoms. The molecule has 0 radical (unpaired) electrons. The molecule has 0 saturated carbocycles. The first kappa shape index (κ1) is 108. The van der Waals surface area contributed by atoms with Crippen LogP contribution in [0, 0.1) is 13.8 Å². The molecule has 7 aliphatic rings. The number of ether oxygens (including phenoxy) is 7. The molecule has 0 spiro atoms. The lowest BCUT2D eigenvalue weighted by molar-refractivity contribution is -0.0660. The summed E-state index contributed by atoms with van der Waals surface area (Å²) in [7, 11) is -35.4. The average molecular weight is 2210 g/mol. The SMILES string of the molecule is Cc1cn([C@H]2C[C@H](OP(=O)(O)OC[C@H]3O[C@@H](n4c(SCC[Si](C)(C)C)nc5c(=O)[nH]c(N)nc54)C[C@@H]3OP(=O)(O)OC[C@H]3O[C@@H](n4cc(C)c(=O)[nH]c4=O)C[C@@H]3OP(=O)(O)OC[C@H]3O[C@@H](n4ccc(N)nc4=O)C[C@@H]3OP(=O)(O)OC[C@H]3O[C@@H](n4cnc5c(N)ncnc54)C[C@@H]3O)[C@@H](COP(=O)(O)O[C@H]3C[C@H](n4ccc(N)nc4=O)O[C@@H]3COP(=O)(O)O[C@H]3C[C@H](n4cnc5c(N)ncnc54)O[C@@H]3CO)O2)c(=O)[nH]c1=O. The lowest BCUT2D eigenvalue weighted by Gasteiger charge is -2.26. The van der Waals surface area contributed by atoms with Crippen LogP contribution in [0.1, 0.15) is 99.7 Å². The number of aliphatic hydroxyl groups is 2. The fourth-order valence-corrected chi connectivity index (χ4v) is 26.2. The quantitative estimate of drug-likeness (QED) is 0.0133. The summed E-state index contributed by atoms with van der Waals surface area (Å²) in [6.45, 7) is 1.61. The van der Waals surface area contributed by atoms with Gasteiger partial charge in [0.25, 0.3) is 16.7 Å². The number of nitrogen functional groups attached to an aromatic ring is 5. The first-order valence-electron chi connectivity index (χ1n) is 44.3. The Balaban J connectivity index is 0.597. The largest absolute Gasteiger partial charge is 0.472 e. The number of fused-ring (bicyclic) bond motifs is 3. The van der Waals surface area contributed by atoms with Crippen molar-refractivity contribution in [3.63, 3.8) is 0 Å². The minimum Gasteiger partial charge on any atom is -0.394 e. The molecule has 796 valence electrons. The zero-order valence-electron chi connectivity index (χ0n) is 76.9. The van der Waals surface area contributed by atoms with Crippen molar-refractivity contribution in [3.8, 4) is 0 Å². The van der Waals surface area contributed by atoms with Crippen LogP contribution in [0.25, 0.3) is 33.5 Å². The molecule has 6 unspecified atom stereocenters. The van der Waals surface area contributed by atoms with Gasteiger partial charge in [-0.15, -0.1) is 0 Å². The highest BCUT2D eigenvalue weighted by atomic mass is 32.2. The van der Waals surface area contributed by atoms with E-state index < -0.39 is 308 Å². The van der Waals surface area contributed by atoms with Gasteiger partial charge in [0.2, 0.25) is 5.95 Å². The summed E-state index contributed by atoms with van der Waals surface area (Å²) in [5.41, 5.74) is 23.1. The Morgan fingerprint density at radius 3 is 1.12 bits per heavy atom. The van der Waals surface area contributed by atoms with Crippen molar-refractivity contribution in [2.24, 2.45) is 0 Å². The highest BCUT2D eigenvalue weighted by molar-refractivity contribution is 7.99. The molecule has 0 bridgehead atoms. The molecule has 0 amide bonds. The van der Waals surface area contributed by atoms with Gasteiger partial charge >= 0.3 is 69.7 Å². The number of anilines is 5. The molecular weight excluding hydrogens is 2110 g/mol. The Labute approximate surface area is 822 Å². The van der Waals surface area contributed by atoms with Crippen molar-refractivity contribution in [3.05, 3.63) is 146 Å². The molecule has 7 saturated heterocycles. The van der Waals surface area contributed by atoms with E-state index in [0.29, 0.717) is 11.8 Å². The van der Waals surface area contributed by atoms with E-state index in [-0.39, 0.29) is 85.9 Å². The van der Waals surface area contributed by atoms with E-state index in [0.717, 1.165) is 61.1 Å². The molecule has 21 N–H and O–H groups in total. The van der Waals surface area contributed by atoms with E-state index >= 15 is 0 Å². The van der Waals surface area contributed by atoms with Crippen LogP contribution in [-0.4, -0.2) is 282 Å². The minimum atomic E-state index is -5.79. The van der Waals surface area contributed by atoms with Gasteiger partial charge in [-0.2, -0.15) is 15.0 Å². The smallest absolute Gasteiger partial charge is 0.394 e. The number of phosphoric ester groups is 6. The number of nitrogens with one attached hydrogen (secondary N) is 3. The predicted octanol–water partition coefficient (Wildman–Crippen LogP) is -0.249. The molecule has 17 rings (SSSR count). The summed E-state index contributed by atoms with van der Waals surface area (Å²) in [6.07, 6.45) is -26.9. The van der Waals surface area contributed by atoms with Crippen molar-refractivity contribution in [2.75, 3.05) is 80.7 Å². The fraction of sp³-hybridized carbons (Fsp3) is 0.575. The molecule has 65 nitrogen and oxygen atoms in total. The predicted molar refractivity (Wildman–Crippen MR) is 496 cm³/mol.